The van der Waals surface area contributed by atoms with E-state index in [0.717, 1.165) is 30.5 Å². The Morgan fingerprint density at radius 2 is 1.28 bits per heavy atom. The maximum Gasteiger partial charge on any atom is 0.114 e. The van der Waals surface area contributed by atoms with Crippen LogP contribution in [0.5, 0.6) is 0 Å². The highest BCUT2D eigenvalue weighted by atomic mass is 15.2. The van der Waals surface area contributed by atoms with Crippen LogP contribution in [0.1, 0.15) is 106 Å². The number of anilines is 1. The summed E-state index contributed by atoms with van der Waals surface area (Å²) in [5.41, 5.74) is 13.6. The van der Waals surface area contributed by atoms with Gasteiger partial charge in [0.25, 0.3) is 0 Å². The summed E-state index contributed by atoms with van der Waals surface area (Å²) in [6.45, 7) is 22.5. The van der Waals surface area contributed by atoms with Crippen LogP contribution in [0, 0.1) is 6.92 Å². The predicted molar refractivity (Wildman–Crippen MR) is 266 cm³/mol. The molecule has 6 aromatic rings. The Morgan fingerprint density at radius 1 is 0.639 bits per heavy atom. The van der Waals surface area contributed by atoms with E-state index in [0.29, 0.717) is 0 Å². The van der Waals surface area contributed by atoms with Gasteiger partial charge in [-0.1, -0.05) is 231 Å². The molecule has 0 aliphatic heterocycles. The summed E-state index contributed by atoms with van der Waals surface area (Å²) in [5, 5.41) is 0. The first-order valence-corrected chi connectivity index (χ1v) is 22.1. The summed E-state index contributed by atoms with van der Waals surface area (Å²) in [6.07, 6.45) is 20.9. The number of benzene rings is 6. The standard InChI is InChI=1S/C60H65N/c1-10-13-14-15-27-42-60(51-33-23-18-24-34-51,52-38-40-54(47(12-3)44-52)49-29-19-16-20-30-49)61(43-41-48(28-11-2)55-35-25-26-36-56(55)58(5,6)7)53-39-37-46(4)57(45-53)59(8,9)50-31-21-17-22-32-50/h11,14-45H,2,10,12-13H2,1,3-9H3/b15-14-,42-27?,43-41-,48-28+. The molecule has 0 fully saturated rings. The van der Waals surface area contributed by atoms with Gasteiger partial charge in [-0.15, -0.1) is 0 Å². The zero-order chi connectivity index (χ0) is 43.5. The van der Waals surface area contributed by atoms with Crippen LogP contribution in [0.4, 0.5) is 5.69 Å². The van der Waals surface area contributed by atoms with Crippen molar-refractivity contribution in [3.8, 4) is 11.1 Å². The minimum Gasteiger partial charge on any atom is -0.330 e. The van der Waals surface area contributed by atoms with Crippen LogP contribution in [-0.4, -0.2) is 0 Å². The van der Waals surface area contributed by atoms with Crippen molar-refractivity contribution in [1.29, 1.82) is 0 Å². The lowest BCUT2D eigenvalue weighted by molar-refractivity contribution is 0.588. The average molecular weight is 800 g/mol. The molecule has 0 aliphatic rings. The summed E-state index contributed by atoms with van der Waals surface area (Å²) in [6, 6.07) is 55.7. The molecule has 0 N–H and O–H groups in total. The van der Waals surface area contributed by atoms with Gasteiger partial charge in [0.05, 0.1) is 0 Å². The Morgan fingerprint density at radius 3 is 1.92 bits per heavy atom. The third-order valence-electron chi connectivity index (χ3n) is 12.1. The molecule has 0 radical (unpaired) electrons. The van der Waals surface area contributed by atoms with Gasteiger partial charge in [0.2, 0.25) is 0 Å². The number of hydrogen-bond acceptors (Lipinski definition) is 1. The predicted octanol–water partition coefficient (Wildman–Crippen LogP) is 16.3. The number of aryl methyl sites for hydroxylation is 2. The van der Waals surface area contributed by atoms with Crippen molar-refractivity contribution in [3.05, 3.63) is 251 Å². The van der Waals surface area contributed by atoms with Crippen LogP contribution in [0.3, 0.4) is 0 Å². The van der Waals surface area contributed by atoms with E-state index < -0.39 is 5.54 Å². The Hall–Kier alpha value is -6.18. The van der Waals surface area contributed by atoms with Crippen LogP contribution in [0.25, 0.3) is 16.7 Å². The van der Waals surface area contributed by atoms with Crippen molar-refractivity contribution in [2.45, 2.75) is 91.0 Å². The van der Waals surface area contributed by atoms with Crippen LogP contribution in [-0.2, 0) is 22.8 Å². The first-order valence-electron chi connectivity index (χ1n) is 22.1. The molecule has 6 aromatic carbocycles. The highest BCUT2D eigenvalue weighted by Gasteiger charge is 2.39. The van der Waals surface area contributed by atoms with Gasteiger partial charge < -0.3 is 4.90 Å². The number of rotatable bonds is 16. The van der Waals surface area contributed by atoms with Crippen LogP contribution in [0.2, 0.25) is 0 Å². The number of hydrogen-bond donors (Lipinski definition) is 0. The lowest BCUT2D eigenvalue weighted by atomic mass is 9.75. The highest BCUT2D eigenvalue weighted by Crippen LogP contribution is 2.45. The zero-order valence-corrected chi connectivity index (χ0v) is 37.8. The number of allylic oxidation sites excluding steroid dienone is 7. The molecule has 1 unspecified atom stereocenters. The van der Waals surface area contributed by atoms with Crippen molar-refractivity contribution in [1.82, 2.24) is 0 Å². The summed E-state index contributed by atoms with van der Waals surface area (Å²) >= 11 is 0. The second kappa shape index (κ2) is 19.9. The fourth-order valence-corrected chi connectivity index (χ4v) is 8.73. The second-order valence-corrected chi connectivity index (χ2v) is 17.6. The molecule has 0 heterocycles. The summed E-state index contributed by atoms with van der Waals surface area (Å²) in [5.74, 6) is 0. The van der Waals surface area contributed by atoms with Crippen molar-refractivity contribution < 1.29 is 0 Å². The van der Waals surface area contributed by atoms with Gasteiger partial charge in [-0.2, -0.15) is 0 Å². The summed E-state index contributed by atoms with van der Waals surface area (Å²) in [4.78, 5) is 2.52. The van der Waals surface area contributed by atoms with Gasteiger partial charge in [0.15, 0.2) is 0 Å². The molecule has 61 heavy (non-hydrogen) atoms. The molecule has 0 amide bonds. The zero-order valence-electron chi connectivity index (χ0n) is 37.8. The molecule has 0 spiro atoms. The van der Waals surface area contributed by atoms with Gasteiger partial charge in [0, 0.05) is 17.3 Å². The minimum atomic E-state index is -0.778. The third-order valence-corrected chi connectivity index (χ3v) is 12.1. The first kappa shape index (κ1) is 44.4. The third kappa shape index (κ3) is 9.90. The van der Waals surface area contributed by atoms with Crippen molar-refractivity contribution in [3.63, 3.8) is 0 Å². The first-order chi connectivity index (χ1) is 29.4. The van der Waals surface area contributed by atoms with E-state index in [-0.39, 0.29) is 10.8 Å². The molecule has 310 valence electrons. The minimum absolute atomic E-state index is 0.0579. The fourth-order valence-electron chi connectivity index (χ4n) is 8.73. The van der Waals surface area contributed by atoms with E-state index in [1.54, 1.807) is 0 Å². The lowest BCUT2D eigenvalue weighted by Gasteiger charge is -2.44. The molecule has 0 bridgehead atoms. The normalized spacial score (nSPS) is 13.5. The molecule has 6 rings (SSSR count). The largest absolute Gasteiger partial charge is 0.330 e. The molecule has 0 aromatic heterocycles. The Kier molecular flexibility index (Phi) is 14.5. The molecule has 0 aliphatic carbocycles. The molecular weight excluding hydrogens is 735 g/mol. The van der Waals surface area contributed by atoms with E-state index in [4.69, 9.17) is 0 Å². The van der Waals surface area contributed by atoms with E-state index >= 15 is 0 Å². The number of unbranched alkanes of at least 4 members (excludes halogenated alkanes) is 1. The Bertz CT molecular complexity index is 2490. The summed E-state index contributed by atoms with van der Waals surface area (Å²) in [7, 11) is 0. The average Bonchev–Trinajstić information content (AvgIpc) is 3.28. The van der Waals surface area contributed by atoms with Gasteiger partial charge >= 0.3 is 0 Å². The van der Waals surface area contributed by atoms with Gasteiger partial charge in [-0.05, 0) is 111 Å². The highest BCUT2D eigenvalue weighted by molar-refractivity contribution is 5.79. The second-order valence-electron chi connectivity index (χ2n) is 17.6. The topological polar surface area (TPSA) is 3.24 Å². The molecule has 0 saturated heterocycles. The maximum atomic E-state index is 4.20. The van der Waals surface area contributed by atoms with E-state index in [9.17, 15) is 0 Å². The fraction of sp³-hybridized carbons (Fsp3) is 0.233. The van der Waals surface area contributed by atoms with Crippen LogP contribution < -0.4 is 4.90 Å². The van der Waals surface area contributed by atoms with Crippen LogP contribution >= 0.6 is 0 Å². The van der Waals surface area contributed by atoms with Gasteiger partial charge in [0.1, 0.15) is 5.54 Å². The van der Waals surface area contributed by atoms with Gasteiger partial charge in [-0.25, -0.2) is 0 Å². The molecular formula is C60H65N. The Labute approximate surface area is 368 Å². The smallest absolute Gasteiger partial charge is 0.114 e. The Balaban J connectivity index is 1.73. The van der Waals surface area contributed by atoms with E-state index in [2.05, 4.69) is 261 Å². The van der Waals surface area contributed by atoms with Crippen molar-refractivity contribution in [2.24, 2.45) is 0 Å². The SMILES string of the molecule is C=C/C=C(\C=C/N(c1ccc(C)c(C(C)(C)c2ccccc2)c1)C(C=C/C=C\CCC)(c1ccccc1)c1ccc(-c2ccccc2)c(CC)c1)c1ccccc1C(C)(C)C. The van der Waals surface area contributed by atoms with E-state index in [1.165, 1.54) is 55.6 Å². The monoisotopic (exact) mass is 800 g/mol. The quantitative estimate of drug-likeness (QED) is 0.0882. The molecule has 0 saturated carbocycles. The number of nitrogens with zero attached hydrogens (tertiary/aromatic N) is 1. The molecule has 1 atom stereocenters. The molecule has 1 nitrogen and oxygen atoms in total. The lowest BCUT2D eigenvalue weighted by Crippen LogP contribution is -2.43. The van der Waals surface area contributed by atoms with Crippen LogP contribution in [0.15, 0.2) is 207 Å². The summed E-state index contributed by atoms with van der Waals surface area (Å²) < 4.78 is 0. The van der Waals surface area contributed by atoms with Crippen molar-refractivity contribution in [2.75, 3.05) is 4.90 Å². The van der Waals surface area contributed by atoms with Gasteiger partial charge in [-0.3, -0.25) is 0 Å². The molecule has 1 heteroatoms. The van der Waals surface area contributed by atoms with Crippen molar-refractivity contribution >= 4 is 11.3 Å². The maximum absolute atomic E-state index is 4.20. The van der Waals surface area contributed by atoms with E-state index in [1.807, 2.05) is 6.08 Å².